The van der Waals surface area contributed by atoms with E-state index >= 15 is 0 Å². The molecular formula is C15H11N5OS2. The van der Waals surface area contributed by atoms with Crippen LogP contribution in [-0.2, 0) is 0 Å². The molecule has 1 amide bonds. The molecule has 0 atom stereocenters. The highest BCUT2D eigenvalue weighted by Gasteiger charge is 2.16. The maximum atomic E-state index is 12.5. The molecule has 0 spiro atoms. The summed E-state index contributed by atoms with van der Waals surface area (Å²) in [7, 11) is 0. The van der Waals surface area contributed by atoms with Crippen LogP contribution in [-0.4, -0.2) is 25.8 Å². The normalized spacial score (nSPS) is 11.0. The Morgan fingerprint density at radius 1 is 1.26 bits per heavy atom. The van der Waals surface area contributed by atoms with Gasteiger partial charge in [0.05, 0.1) is 27.2 Å². The average molecular weight is 341 g/mol. The van der Waals surface area contributed by atoms with E-state index in [-0.39, 0.29) is 5.91 Å². The summed E-state index contributed by atoms with van der Waals surface area (Å²) < 4.78 is 0. The molecule has 0 saturated heterocycles. The molecule has 0 aliphatic carbocycles. The molecule has 8 heteroatoms. The van der Waals surface area contributed by atoms with Crippen molar-refractivity contribution < 1.29 is 4.79 Å². The first-order chi connectivity index (χ1) is 11.2. The molecule has 4 aromatic rings. The first-order valence-corrected chi connectivity index (χ1v) is 8.58. The van der Waals surface area contributed by atoms with E-state index in [1.54, 1.807) is 17.8 Å². The highest BCUT2D eigenvalue weighted by Crippen LogP contribution is 2.28. The largest absolute Gasteiger partial charge is 0.337 e. The Morgan fingerprint density at radius 2 is 2.17 bits per heavy atom. The molecule has 0 saturated carbocycles. The molecule has 0 aliphatic rings. The Labute approximate surface area is 139 Å². The lowest BCUT2D eigenvalue weighted by molar-refractivity contribution is 0.102. The van der Waals surface area contributed by atoms with Crippen LogP contribution in [0.1, 0.15) is 16.1 Å². The smallest absolute Gasteiger partial charge is 0.259 e. The number of aromatic amines is 1. The second-order valence-corrected chi connectivity index (χ2v) is 6.59. The van der Waals surface area contributed by atoms with Gasteiger partial charge in [-0.2, -0.15) is 0 Å². The standard InChI is InChI=1S/C15H11N5OS2/c1-8-12(23-7-17-8)13-18-10-4-2-3-9(11(10)19-13)14(21)20-15-16-5-6-22-15/h2-7H,1H3,(H,18,19)(H,16,20,21). The molecular weight excluding hydrogens is 330 g/mol. The molecule has 23 heavy (non-hydrogen) atoms. The van der Waals surface area contributed by atoms with Crippen molar-refractivity contribution in [3.63, 3.8) is 0 Å². The Morgan fingerprint density at radius 3 is 2.91 bits per heavy atom. The summed E-state index contributed by atoms with van der Waals surface area (Å²) in [5.74, 6) is 0.513. The lowest BCUT2D eigenvalue weighted by Gasteiger charge is -2.02. The molecule has 114 valence electrons. The summed E-state index contributed by atoms with van der Waals surface area (Å²) in [6, 6.07) is 5.50. The summed E-state index contributed by atoms with van der Waals surface area (Å²) >= 11 is 2.90. The van der Waals surface area contributed by atoms with Gasteiger partial charge < -0.3 is 4.98 Å². The van der Waals surface area contributed by atoms with Crippen LogP contribution in [0, 0.1) is 6.92 Å². The number of carbonyl (C=O) groups is 1. The zero-order valence-electron chi connectivity index (χ0n) is 12.0. The van der Waals surface area contributed by atoms with E-state index in [9.17, 15) is 4.79 Å². The van der Waals surface area contributed by atoms with Crippen molar-refractivity contribution in [2.24, 2.45) is 0 Å². The van der Waals surface area contributed by atoms with Crippen LogP contribution in [0.4, 0.5) is 5.13 Å². The Bertz CT molecular complexity index is 987. The van der Waals surface area contributed by atoms with Gasteiger partial charge in [0.15, 0.2) is 11.0 Å². The number of aryl methyl sites for hydroxylation is 1. The van der Waals surface area contributed by atoms with Crippen LogP contribution in [0.5, 0.6) is 0 Å². The second kappa shape index (κ2) is 5.56. The van der Waals surface area contributed by atoms with Crippen molar-refractivity contribution >= 4 is 44.7 Å². The summed E-state index contributed by atoms with van der Waals surface area (Å²) in [6.07, 6.45) is 1.65. The minimum absolute atomic E-state index is 0.218. The molecule has 2 N–H and O–H groups in total. The van der Waals surface area contributed by atoms with Crippen LogP contribution in [0.25, 0.3) is 21.7 Å². The zero-order valence-corrected chi connectivity index (χ0v) is 13.7. The number of rotatable bonds is 3. The van der Waals surface area contributed by atoms with Crippen molar-refractivity contribution in [3.8, 4) is 10.7 Å². The summed E-state index contributed by atoms with van der Waals surface area (Å²) in [5.41, 5.74) is 4.68. The molecule has 1 aromatic carbocycles. The molecule has 0 fully saturated rings. The topological polar surface area (TPSA) is 83.6 Å². The van der Waals surface area contributed by atoms with Gasteiger partial charge in [-0.05, 0) is 19.1 Å². The average Bonchev–Trinajstić information content (AvgIpc) is 3.25. The van der Waals surface area contributed by atoms with Gasteiger partial charge in [-0.25, -0.2) is 15.0 Å². The first kappa shape index (κ1) is 14.0. The minimum atomic E-state index is -0.218. The molecule has 0 bridgehead atoms. The number of hydrogen-bond donors (Lipinski definition) is 2. The Balaban J connectivity index is 1.77. The van der Waals surface area contributed by atoms with Crippen LogP contribution in [0.15, 0.2) is 35.3 Å². The van der Waals surface area contributed by atoms with E-state index in [4.69, 9.17) is 0 Å². The number of anilines is 1. The number of thiazole rings is 2. The fourth-order valence-corrected chi connectivity index (χ4v) is 3.57. The van der Waals surface area contributed by atoms with Crippen molar-refractivity contribution in [3.05, 3.63) is 46.5 Å². The number of nitrogens with one attached hydrogen (secondary N) is 2. The molecule has 6 nitrogen and oxygen atoms in total. The Kier molecular flexibility index (Phi) is 3.40. The highest BCUT2D eigenvalue weighted by molar-refractivity contribution is 7.13. The van der Waals surface area contributed by atoms with Gasteiger partial charge >= 0.3 is 0 Å². The summed E-state index contributed by atoms with van der Waals surface area (Å²) in [6.45, 7) is 1.94. The molecule has 0 radical (unpaired) electrons. The predicted octanol–water partition coefficient (Wildman–Crippen LogP) is 3.70. The van der Waals surface area contributed by atoms with Gasteiger partial charge in [0.1, 0.15) is 5.52 Å². The number of nitrogens with zero attached hydrogens (tertiary/aromatic N) is 3. The van der Waals surface area contributed by atoms with Gasteiger partial charge in [0, 0.05) is 11.6 Å². The lowest BCUT2D eigenvalue weighted by atomic mass is 10.2. The van der Waals surface area contributed by atoms with Crippen molar-refractivity contribution in [2.45, 2.75) is 6.92 Å². The van der Waals surface area contributed by atoms with Gasteiger partial charge in [0.25, 0.3) is 5.91 Å². The number of imidazole rings is 1. The van der Waals surface area contributed by atoms with E-state index in [2.05, 4.69) is 25.3 Å². The Hall–Kier alpha value is -2.58. The molecule has 3 heterocycles. The minimum Gasteiger partial charge on any atom is -0.337 e. The van der Waals surface area contributed by atoms with E-state index in [0.717, 1.165) is 21.9 Å². The fourth-order valence-electron chi connectivity index (χ4n) is 2.30. The van der Waals surface area contributed by atoms with Crippen LogP contribution in [0.2, 0.25) is 0 Å². The quantitative estimate of drug-likeness (QED) is 0.595. The molecule has 0 unspecified atom stereocenters. The van der Waals surface area contributed by atoms with E-state index < -0.39 is 0 Å². The number of hydrogen-bond acceptors (Lipinski definition) is 6. The number of carbonyl (C=O) groups excluding carboxylic acids is 1. The van der Waals surface area contributed by atoms with E-state index in [1.807, 2.05) is 24.4 Å². The number of benzene rings is 1. The van der Waals surface area contributed by atoms with Gasteiger partial charge in [0.2, 0.25) is 0 Å². The molecule has 4 rings (SSSR count). The number of amides is 1. The van der Waals surface area contributed by atoms with Crippen LogP contribution in [0.3, 0.4) is 0 Å². The van der Waals surface area contributed by atoms with E-state index in [1.165, 1.54) is 22.7 Å². The predicted molar refractivity (Wildman–Crippen MR) is 92.0 cm³/mol. The lowest BCUT2D eigenvalue weighted by Crippen LogP contribution is -2.12. The first-order valence-electron chi connectivity index (χ1n) is 6.82. The van der Waals surface area contributed by atoms with Crippen LogP contribution >= 0.6 is 22.7 Å². The van der Waals surface area contributed by atoms with Crippen LogP contribution < -0.4 is 5.32 Å². The highest BCUT2D eigenvalue weighted by atomic mass is 32.1. The second-order valence-electron chi connectivity index (χ2n) is 4.85. The number of fused-ring (bicyclic) bond motifs is 1. The van der Waals surface area contributed by atoms with E-state index in [0.29, 0.717) is 16.2 Å². The third kappa shape index (κ3) is 2.51. The zero-order chi connectivity index (χ0) is 15.8. The summed E-state index contributed by atoms with van der Waals surface area (Å²) in [5, 5.41) is 5.18. The number of H-pyrrole nitrogens is 1. The van der Waals surface area contributed by atoms with Gasteiger partial charge in [-0.3, -0.25) is 10.1 Å². The SMILES string of the molecule is Cc1ncsc1-c1nc2c(C(=O)Nc3nccs3)cccc2[nH]1. The summed E-state index contributed by atoms with van der Waals surface area (Å²) in [4.78, 5) is 29.6. The fraction of sp³-hybridized carbons (Fsp3) is 0.0667. The van der Waals surface area contributed by atoms with Gasteiger partial charge in [-0.1, -0.05) is 6.07 Å². The molecule has 0 aliphatic heterocycles. The third-order valence-electron chi connectivity index (χ3n) is 3.37. The van der Waals surface area contributed by atoms with Crippen molar-refractivity contribution in [1.29, 1.82) is 0 Å². The van der Waals surface area contributed by atoms with Crippen molar-refractivity contribution in [2.75, 3.05) is 5.32 Å². The maximum Gasteiger partial charge on any atom is 0.259 e. The van der Waals surface area contributed by atoms with Crippen molar-refractivity contribution in [1.82, 2.24) is 19.9 Å². The third-order valence-corrected chi connectivity index (χ3v) is 4.99. The monoisotopic (exact) mass is 341 g/mol. The van der Waals surface area contributed by atoms with Gasteiger partial charge in [-0.15, -0.1) is 22.7 Å². The molecule has 3 aromatic heterocycles. The maximum absolute atomic E-state index is 12.5. The number of para-hydroxylation sites is 1. The number of aromatic nitrogens is 4.